The number of anilines is 2. The molecule has 2 aromatic heterocycles. The van der Waals surface area contributed by atoms with Crippen LogP contribution in [0.2, 0.25) is 0 Å². The Labute approximate surface area is 144 Å². The number of aliphatic imine (C=N–C) groups is 1. The maximum Gasteiger partial charge on any atom is 0.162 e. The number of hydrogen-bond donors (Lipinski definition) is 2. The van der Waals surface area contributed by atoms with Gasteiger partial charge in [-0.05, 0) is 18.6 Å². The Hall–Kier alpha value is -2.51. The highest BCUT2D eigenvalue weighted by Gasteiger charge is 2.16. The smallest absolute Gasteiger partial charge is 0.162 e. The molecule has 0 aliphatic rings. The molecule has 1 unspecified atom stereocenters. The highest BCUT2D eigenvalue weighted by Crippen LogP contribution is 2.38. The lowest BCUT2D eigenvalue weighted by molar-refractivity contribution is 0.112. The normalized spacial score (nSPS) is 12.8. The van der Waals surface area contributed by atoms with E-state index < -0.39 is 6.10 Å². The van der Waals surface area contributed by atoms with Crippen LogP contribution in [0.3, 0.4) is 0 Å². The lowest BCUT2D eigenvalue weighted by atomic mass is 10.2. The lowest BCUT2D eigenvalue weighted by Gasteiger charge is -2.14. The molecule has 126 valence electrons. The van der Waals surface area contributed by atoms with Gasteiger partial charge >= 0.3 is 0 Å². The summed E-state index contributed by atoms with van der Waals surface area (Å²) in [4.78, 5) is 23.1. The third kappa shape index (κ3) is 4.06. The number of nitrogens with zero attached hydrogens (tertiary/aromatic N) is 3. The van der Waals surface area contributed by atoms with E-state index in [2.05, 4.69) is 21.9 Å². The molecular weight excluding hydrogens is 324 g/mol. The first kappa shape index (κ1) is 17.8. The largest absolute Gasteiger partial charge is 0.389 e. The number of aromatic nitrogens is 1. The molecule has 0 aliphatic heterocycles. The zero-order chi connectivity index (χ0) is 17.5. The summed E-state index contributed by atoms with van der Waals surface area (Å²) in [7, 11) is 3.88. The van der Waals surface area contributed by atoms with Crippen LogP contribution in [0.1, 0.15) is 16.1 Å². The van der Waals surface area contributed by atoms with Crippen molar-refractivity contribution in [2.45, 2.75) is 12.5 Å². The van der Waals surface area contributed by atoms with E-state index in [4.69, 9.17) is 0 Å². The summed E-state index contributed by atoms with van der Waals surface area (Å²) in [6.07, 6.45) is 8.60. The standard InChI is InChI=1S/C17H20N4O2S/c1-4-5-12(23)6-8-18-11-20-16-14(10-22)24-17-15(16)13(21(2)3)7-9-19-17/h4,6-12,23H,1,5H2,2-3H3,(H,18,20)/b8-6+. The van der Waals surface area contributed by atoms with Crippen molar-refractivity contribution >= 4 is 45.6 Å². The summed E-state index contributed by atoms with van der Waals surface area (Å²) in [5.41, 5.74) is 1.66. The monoisotopic (exact) mass is 344 g/mol. The van der Waals surface area contributed by atoms with Gasteiger partial charge in [0.25, 0.3) is 0 Å². The maximum absolute atomic E-state index is 11.4. The predicted octanol–water partition coefficient (Wildman–Crippen LogP) is 3.07. The molecule has 0 amide bonds. The van der Waals surface area contributed by atoms with Gasteiger partial charge in [-0.25, -0.2) is 9.98 Å². The van der Waals surface area contributed by atoms with E-state index in [0.717, 1.165) is 22.2 Å². The van der Waals surface area contributed by atoms with Gasteiger partial charge in [0.2, 0.25) is 0 Å². The molecule has 1 atom stereocenters. The van der Waals surface area contributed by atoms with Gasteiger partial charge in [-0.1, -0.05) is 6.08 Å². The SMILES string of the molecule is C=CCC(O)/C=C/N=CNc1c(C=O)sc2nccc(N(C)C)c12. The number of carbonyl (C=O) groups is 1. The molecule has 6 nitrogen and oxygen atoms in total. The Bertz CT molecular complexity index is 780. The quantitative estimate of drug-likeness (QED) is 0.333. The van der Waals surface area contributed by atoms with Crippen molar-refractivity contribution in [1.29, 1.82) is 0 Å². The van der Waals surface area contributed by atoms with Crippen LogP contribution in [0, 0.1) is 0 Å². The van der Waals surface area contributed by atoms with E-state index in [1.807, 2.05) is 25.1 Å². The Kier molecular flexibility index (Phi) is 6.22. The highest BCUT2D eigenvalue weighted by molar-refractivity contribution is 7.21. The first-order valence-electron chi connectivity index (χ1n) is 7.36. The van der Waals surface area contributed by atoms with Gasteiger partial charge < -0.3 is 15.3 Å². The van der Waals surface area contributed by atoms with Crippen molar-refractivity contribution in [3.63, 3.8) is 0 Å². The third-order valence-corrected chi connectivity index (χ3v) is 4.30. The van der Waals surface area contributed by atoms with E-state index in [-0.39, 0.29) is 0 Å². The average Bonchev–Trinajstić information content (AvgIpc) is 2.92. The van der Waals surface area contributed by atoms with Crippen molar-refractivity contribution in [1.82, 2.24) is 4.98 Å². The molecule has 0 radical (unpaired) electrons. The number of thiophene rings is 1. The third-order valence-electron chi connectivity index (χ3n) is 3.27. The van der Waals surface area contributed by atoms with Gasteiger partial charge in [0.05, 0.1) is 34.1 Å². The molecule has 7 heteroatoms. The van der Waals surface area contributed by atoms with Gasteiger partial charge in [0, 0.05) is 26.5 Å². The number of pyridine rings is 1. The topological polar surface area (TPSA) is 77.8 Å². The summed E-state index contributed by atoms with van der Waals surface area (Å²) in [5, 5.41) is 13.5. The van der Waals surface area contributed by atoms with E-state index in [1.54, 1.807) is 18.3 Å². The molecule has 2 aromatic rings. The summed E-state index contributed by atoms with van der Waals surface area (Å²) in [5.74, 6) is 0. The molecule has 24 heavy (non-hydrogen) atoms. The fourth-order valence-corrected chi connectivity index (χ4v) is 3.11. The van der Waals surface area contributed by atoms with Crippen LogP contribution in [-0.2, 0) is 0 Å². The number of aldehydes is 1. The van der Waals surface area contributed by atoms with Gasteiger partial charge in [-0.3, -0.25) is 4.79 Å². The van der Waals surface area contributed by atoms with Gasteiger partial charge in [-0.15, -0.1) is 17.9 Å². The van der Waals surface area contributed by atoms with Crippen molar-refractivity contribution in [2.75, 3.05) is 24.3 Å². The summed E-state index contributed by atoms with van der Waals surface area (Å²) >= 11 is 1.33. The number of aliphatic hydroxyl groups excluding tert-OH is 1. The molecule has 0 saturated carbocycles. The molecule has 0 aliphatic carbocycles. The molecule has 2 rings (SSSR count). The fourth-order valence-electron chi connectivity index (χ4n) is 2.17. The minimum atomic E-state index is -0.600. The Morgan fingerprint density at radius 3 is 3.00 bits per heavy atom. The van der Waals surface area contributed by atoms with E-state index in [9.17, 15) is 9.90 Å². The molecule has 2 heterocycles. The second-order valence-corrected chi connectivity index (χ2v) is 6.25. The van der Waals surface area contributed by atoms with Crippen LogP contribution < -0.4 is 10.2 Å². The number of rotatable bonds is 8. The average molecular weight is 344 g/mol. The van der Waals surface area contributed by atoms with Gasteiger partial charge in [-0.2, -0.15) is 0 Å². The van der Waals surface area contributed by atoms with Gasteiger partial charge in [0.1, 0.15) is 4.83 Å². The lowest BCUT2D eigenvalue weighted by Crippen LogP contribution is -2.09. The molecule has 0 aromatic carbocycles. The number of carbonyl (C=O) groups excluding carboxylic acids is 1. The minimum Gasteiger partial charge on any atom is -0.389 e. The Morgan fingerprint density at radius 2 is 2.33 bits per heavy atom. The van der Waals surface area contributed by atoms with Crippen LogP contribution in [-0.4, -0.2) is 42.9 Å². The molecule has 0 spiro atoms. The van der Waals surface area contributed by atoms with Crippen LogP contribution >= 0.6 is 11.3 Å². The predicted molar refractivity (Wildman–Crippen MR) is 101 cm³/mol. The van der Waals surface area contributed by atoms with Gasteiger partial charge in [0.15, 0.2) is 6.29 Å². The van der Waals surface area contributed by atoms with Crippen molar-refractivity contribution < 1.29 is 9.90 Å². The second kappa shape index (κ2) is 8.37. The zero-order valence-electron chi connectivity index (χ0n) is 13.6. The number of aliphatic hydroxyl groups is 1. The van der Waals surface area contributed by atoms with Crippen LogP contribution in [0.5, 0.6) is 0 Å². The molecule has 0 bridgehead atoms. The van der Waals surface area contributed by atoms with Crippen molar-refractivity contribution in [3.8, 4) is 0 Å². The molecule has 0 saturated heterocycles. The molecular formula is C17H20N4O2S. The minimum absolute atomic E-state index is 0.474. The van der Waals surface area contributed by atoms with E-state index in [1.165, 1.54) is 23.9 Å². The Balaban J connectivity index is 2.27. The highest BCUT2D eigenvalue weighted by atomic mass is 32.1. The van der Waals surface area contributed by atoms with E-state index in [0.29, 0.717) is 17.0 Å². The summed E-state index contributed by atoms with van der Waals surface area (Å²) < 4.78 is 0. The fraction of sp³-hybridized carbons (Fsp3) is 0.235. The van der Waals surface area contributed by atoms with Crippen LogP contribution in [0.4, 0.5) is 11.4 Å². The van der Waals surface area contributed by atoms with Crippen LogP contribution in [0.25, 0.3) is 10.2 Å². The summed E-state index contributed by atoms with van der Waals surface area (Å²) in [6.45, 7) is 3.56. The van der Waals surface area contributed by atoms with Crippen molar-refractivity contribution in [2.24, 2.45) is 4.99 Å². The number of hydrogen-bond acceptors (Lipinski definition) is 6. The zero-order valence-corrected chi connectivity index (χ0v) is 14.5. The first-order chi connectivity index (χ1) is 11.6. The van der Waals surface area contributed by atoms with Crippen LogP contribution in [0.15, 0.2) is 42.2 Å². The summed E-state index contributed by atoms with van der Waals surface area (Å²) in [6, 6.07) is 1.90. The number of nitrogens with one attached hydrogen (secondary N) is 1. The number of fused-ring (bicyclic) bond motifs is 1. The second-order valence-electron chi connectivity index (χ2n) is 5.22. The Morgan fingerprint density at radius 1 is 1.54 bits per heavy atom. The first-order valence-corrected chi connectivity index (χ1v) is 8.18. The maximum atomic E-state index is 11.4. The molecule has 2 N–H and O–H groups in total. The molecule has 0 fully saturated rings. The van der Waals surface area contributed by atoms with Crippen molar-refractivity contribution in [3.05, 3.63) is 42.1 Å². The van der Waals surface area contributed by atoms with E-state index >= 15 is 0 Å².